The minimum absolute atomic E-state index is 0.741. The molecule has 1 N–H and O–H groups in total. The number of nitrogens with zero attached hydrogens (tertiary/aromatic N) is 2. The summed E-state index contributed by atoms with van der Waals surface area (Å²) in [5.74, 6) is 1.99. The molecule has 1 aromatic heterocycles. The number of hydrogen-bond acceptors (Lipinski definition) is 6. The zero-order valence-corrected chi connectivity index (χ0v) is 13.5. The van der Waals surface area contributed by atoms with Crippen LogP contribution >= 0.6 is 34.9 Å². The Hall–Kier alpha value is 0.220. The van der Waals surface area contributed by atoms with Crippen LogP contribution in [0.1, 0.15) is 32.6 Å². The largest absolute Gasteiger partial charge is 0.313 e. The van der Waals surface area contributed by atoms with Crippen LogP contribution in [0.4, 0.5) is 0 Å². The molecule has 1 aliphatic rings. The van der Waals surface area contributed by atoms with Crippen LogP contribution in [0.3, 0.4) is 0 Å². The smallest absolute Gasteiger partial charge is 0.175 e. The van der Waals surface area contributed by atoms with Gasteiger partial charge in [0.15, 0.2) is 8.68 Å². The van der Waals surface area contributed by atoms with Gasteiger partial charge in [0, 0.05) is 18.3 Å². The summed E-state index contributed by atoms with van der Waals surface area (Å²) >= 11 is 5.18. The molecule has 0 spiro atoms. The van der Waals surface area contributed by atoms with Gasteiger partial charge in [-0.3, -0.25) is 0 Å². The molecular weight excluding hydrogens is 282 g/mol. The molecule has 102 valence electrons. The molecule has 1 saturated carbocycles. The molecule has 1 heterocycles. The summed E-state index contributed by atoms with van der Waals surface area (Å²) in [5.41, 5.74) is 0. The molecule has 0 aliphatic heterocycles. The molecule has 18 heavy (non-hydrogen) atoms. The van der Waals surface area contributed by atoms with E-state index in [0.717, 1.165) is 32.9 Å². The standard InChI is InChI=1S/C12H21N3S3/c1-9-4-3-5-10(8-9)13-6-7-17-12-15-14-11(16-2)18-12/h9-10,13H,3-8H2,1-2H3. The van der Waals surface area contributed by atoms with Crippen LogP contribution < -0.4 is 5.32 Å². The predicted molar refractivity (Wildman–Crippen MR) is 81.8 cm³/mol. The SMILES string of the molecule is CSc1nnc(SCCNC2CCCC(C)C2)s1. The first-order valence-corrected chi connectivity index (χ1v) is 9.54. The second-order valence-electron chi connectivity index (χ2n) is 4.81. The third-order valence-corrected chi connectivity index (χ3v) is 6.29. The summed E-state index contributed by atoms with van der Waals surface area (Å²) < 4.78 is 2.16. The van der Waals surface area contributed by atoms with Crippen LogP contribution in [0.5, 0.6) is 0 Å². The molecule has 2 rings (SSSR count). The Morgan fingerprint density at radius 3 is 2.89 bits per heavy atom. The first kappa shape index (κ1) is 14.6. The predicted octanol–water partition coefficient (Wildman–Crippen LogP) is 3.52. The van der Waals surface area contributed by atoms with E-state index in [4.69, 9.17) is 0 Å². The molecule has 0 amide bonds. The molecule has 0 saturated heterocycles. The van der Waals surface area contributed by atoms with Gasteiger partial charge in [-0.05, 0) is 25.0 Å². The van der Waals surface area contributed by atoms with Gasteiger partial charge in [0.1, 0.15) is 0 Å². The number of hydrogen-bond donors (Lipinski definition) is 1. The summed E-state index contributed by atoms with van der Waals surface area (Å²) in [6.45, 7) is 3.45. The molecule has 6 heteroatoms. The Morgan fingerprint density at radius 2 is 2.17 bits per heavy atom. The van der Waals surface area contributed by atoms with E-state index in [-0.39, 0.29) is 0 Å². The minimum Gasteiger partial charge on any atom is -0.313 e. The van der Waals surface area contributed by atoms with Crippen LogP contribution in [0.2, 0.25) is 0 Å². The Labute approximate surface area is 122 Å². The van der Waals surface area contributed by atoms with Crippen LogP contribution in [-0.4, -0.2) is 34.8 Å². The van der Waals surface area contributed by atoms with Gasteiger partial charge in [-0.1, -0.05) is 54.6 Å². The second-order valence-corrected chi connectivity index (χ2v) is 8.18. The zero-order chi connectivity index (χ0) is 12.8. The average Bonchev–Trinajstić information content (AvgIpc) is 2.83. The van der Waals surface area contributed by atoms with Crippen molar-refractivity contribution in [3.63, 3.8) is 0 Å². The maximum atomic E-state index is 4.17. The zero-order valence-electron chi connectivity index (χ0n) is 11.0. The number of thioether (sulfide) groups is 2. The van der Waals surface area contributed by atoms with Crippen molar-refractivity contribution in [2.24, 2.45) is 5.92 Å². The van der Waals surface area contributed by atoms with E-state index < -0.39 is 0 Å². The maximum absolute atomic E-state index is 4.17. The van der Waals surface area contributed by atoms with Gasteiger partial charge in [-0.25, -0.2) is 0 Å². The molecule has 1 fully saturated rings. The second kappa shape index (κ2) is 7.72. The summed E-state index contributed by atoms with van der Waals surface area (Å²) in [6, 6.07) is 0.741. The average molecular weight is 304 g/mol. The molecule has 0 radical (unpaired) electrons. The van der Waals surface area contributed by atoms with E-state index in [1.807, 2.05) is 18.0 Å². The van der Waals surface area contributed by atoms with Gasteiger partial charge < -0.3 is 5.32 Å². The highest BCUT2D eigenvalue weighted by atomic mass is 32.2. The molecule has 0 bridgehead atoms. The number of nitrogens with one attached hydrogen (secondary N) is 1. The monoisotopic (exact) mass is 303 g/mol. The fourth-order valence-corrected chi connectivity index (χ4v) is 4.74. The van der Waals surface area contributed by atoms with Crippen LogP contribution in [-0.2, 0) is 0 Å². The van der Waals surface area contributed by atoms with Crippen LogP contribution in [0.25, 0.3) is 0 Å². The normalized spacial score (nSPS) is 24.3. The fourth-order valence-electron chi connectivity index (χ4n) is 2.36. The highest BCUT2D eigenvalue weighted by Gasteiger charge is 2.17. The molecule has 2 atom stereocenters. The molecule has 1 aromatic rings. The van der Waals surface area contributed by atoms with Crippen molar-refractivity contribution in [2.45, 2.75) is 47.3 Å². The lowest BCUT2D eigenvalue weighted by Gasteiger charge is -2.27. The lowest BCUT2D eigenvalue weighted by Crippen LogP contribution is -2.34. The van der Waals surface area contributed by atoms with Gasteiger partial charge in [0.05, 0.1) is 0 Å². The lowest BCUT2D eigenvalue weighted by atomic mass is 9.87. The van der Waals surface area contributed by atoms with E-state index in [2.05, 4.69) is 22.4 Å². The van der Waals surface area contributed by atoms with Crippen LogP contribution in [0, 0.1) is 5.92 Å². The van der Waals surface area contributed by atoms with E-state index in [1.165, 1.54) is 25.7 Å². The third-order valence-electron chi connectivity index (χ3n) is 3.26. The lowest BCUT2D eigenvalue weighted by molar-refractivity contribution is 0.306. The highest BCUT2D eigenvalue weighted by Crippen LogP contribution is 2.27. The molecule has 3 nitrogen and oxygen atoms in total. The third kappa shape index (κ3) is 4.72. The summed E-state index contributed by atoms with van der Waals surface area (Å²) in [5, 5.41) is 11.9. The highest BCUT2D eigenvalue weighted by molar-refractivity contribution is 8.02. The Kier molecular flexibility index (Phi) is 6.28. The van der Waals surface area contributed by atoms with Crippen molar-refractivity contribution in [3.05, 3.63) is 0 Å². The van der Waals surface area contributed by atoms with E-state index in [9.17, 15) is 0 Å². The first-order valence-electron chi connectivity index (χ1n) is 6.51. The van der Waals surface area contributed by atoms with Gasteiger partial charge in [0.2, 0.25) is 0 Å². The van der Waals surface area contributed by atoms with Crippen molar-refractivity contribution in [3.8, 4) is 0 Å². The van der Waals surface area contributed by atoms with Crippen molar-refractivity contribution in [1.82, 2.24) is 15.5 Å². The summed E-state index contributed by atoms with van der Waals surface area (Å²) in [6.07, 6.45) is 7.54. The van der Waals surface area contributed by atoms with Gasteiger partial charge in [-0.15, -0.1) is 10.2 Å². The molecule has 2 unspecified atom stereocenters. The number of aromatic nitrogens is 2. The van der Waals surface area contributed by atoms with E-state index in [0.29, 0.717) is 0 Å². The maximum Gasteiger partial charge on any atom is 0.175 e. The quantitative estimate of drug-likeness (QED) is 0.643. The van der Waals surface area contributed by atoms with Crippen molar-refractivity contribution < 1.29 is 0 Å². The number of rotatable bonds is 6. The Morgan fingerprint density at radius 1 is 1.33 bits per heavy atom. The Balaban J connectivity index is 1.60. The molecule has 1 aliphatic carbocycles. The topological polar surface area (TPSA) is 37.8 Å². The molecule has 0 aromatic carbocycles. The van der Waals surface area contributed by atoms with Gasteiger partial charge in [-0.2, -0.15) is 0 Å². The van der Waals surface area contributed by atoms with Crippen molar-refractivity contribution >= 4 is 34.9 Å². The fraction of sp³-hybridized carbons (Fsp3) is 0.833. The molecular formula is C12H21N3S3. The minimum atomic E-state index is 0.741. The summed E-state index contributed by atoms with van der Waals surface area (Å²) in [4.78, 5) is 0. The summed E-state index contributed by atoms with van der Waals surface area (Å²) in [7, 11) is 0. The van der Waals surface area contributed by atoms with Crippen molar-refractivity contribution in [2.75, 3.05) is 18.6 Å². The van der Waals surface area contributed by atoms with Gasteiger partial charge >= 0.3 is 0 Å². The Bertz CT molecular complexity index is 356. The van der Waals surface area contributed by atoms with Crippen LogP contribution in [0.15, 0.2) is 8.68 Å². The first-order chi connectivity index (χ1) is 8.78. The van der Waals surface area contributed by atoms with E-state index in [1.54, 1.807) is 23.1 Å². The van der Waals surface area contributed by atoms with Crippen molar-refractivity contribution in [1.29, 1.82) is 0 Å². The van der Waals surface area contributed by atoms with E-state index >= 15 is 0 Å². The van der Waals surface area contributed by atoms with Gasteiger partial charge in [0.25, 0.3) is 0 Å².